The SMILES string of the molecule is CC1(C2(C)c3ccccc3-c3ccc(N(c4ccccc4)c4cccc5ccccc45)cc32)c2ccccc2-c2ccc(N(c3ccccc3)c3cccc4ccccc34)cc21. The second-order valence-electron chi connectivity index (χ2n) is 17.1. The third kappa shape index (κ3) is 5.17. The molecule has 2 unspecified atom stereocenters. The third-order valence-corrected chi connectivity index (χ3v) is 14.2. The van der Waals surface area contributed by atoms with E-state index in [1.165, 1.54) is 66.1 Å². The molecule has 2 nitrogen and oxygen atoms in total. The first-order valence-corrected chi connectivity index (χ1v) is 21.7. The lowest BCUT2D eigenvalue weighted by Gasteiger charge is -2.45. The monoisotopic (exact) mass is 792 g/mol. The predicted molar refractivity (Wildman–Crippen MR) is 261 cm³/mol. The summed E-state index contributed by atoms with van der Waals surface area (Å²) in [5, 5.41) is 4.88. The van der Waals surface area contributed by atoms with Gasteiger partial charge in [0.2, 0.25) is 0 Å². The smallest absolute Gasteiger partial charge is 0.0540 e. The summed E-state index contributed by atoms with van der Waals surface area (Å²) >= 11 is 0. The summed E-state index contributed by atoms with van der Waals surface area (Å²) in [6.45, 7) is 5.04. The molecule has 62 heavy (non-hydrogen) atoms. The standard InChI is InChI=1S/C60H44N2/c1-59(53-31-15-13-29-49(53)51-37-35-45(39-55(51)59)61(43-23-5-3-6-24-43)57-33-17-21-41-19-9-11-27-47(41)57)60(2)54-32-16-14-30-50(54)52-38-36-46(40-56(52)60)62(44-25-7-4-8-26-44)58-34-18-22-42-20-10-12-28-48(42)58/h3-40H,1-2H3. The molecule has 0 heterocycles. The van der Waals surface area contributed by atoms with Gasteiger partial charge in [0.25, 0.3) is 0 Å². The molecule has 0 N–H and O–H groups in total. The van der Waals surface area contributed by atoms with Crippen molar-refractivity contribution in [2.75, 3.05) is 9.80 Å². The molecule has 0 radical (unpaired) electrons. The molecule has 10 aromatic rings. The van der Waals surface area contributed by atoms with Gasteiger partial charge >= 0.3 is 0 Å². The van der Waals surface area contributed by atoms with E-state index in [-0.39, 0.29) is 0 Å². The molecule has 0 aromatic heterocycles. The lowest BCUT2D eigenvalue weighted by atomic mass is 9.56. The molecule has 0 saturated heterocycles. The lowest BCUT2D eigenvalue weighted by molar-refractivity contribution is 0.376. The van der Waals surface area contributed by atoms with Crippen LogP contribution in [0.4, 0.5) is 34.1 Å². The van der Waals surface area contributed by atoms with Crippen molar-refractivity contribution in [3.63, 3.8) is 0 Å². The van der Waals surface area contributed by atoms with Crippen LogP contribution in [0.25, 0.3) is 43.8 Å². The second-order valence-corrected chi connectivity index (χ2v) is 17.1. The fraction of sp³-hybridized carbons (Fsp3) is 0.0667. The first kappa shape index (κ1) is 36.2. The van der Waals surface area contributed by atoms with Gasteiger partial charge in [0.05, 0.1) is 11.4 Å². The van der Waals surface area contributed by atoms with Crippen molar-refractivity contribution in [2.45, 2.75) is 24.7 Å². The highest BCUT2D eigenvalue weighted by Crippen LogP contribution is 2.65. The Labute approximate surface area is 363 Å². The quantitative estimate of drug-likeness (QED) is 0.159. The van der Waals surface area contributed by atoms with Gasteiger partial charge in [-0.25, -0.2) is 0 Å². The highest BCUT2D eigenvalue weighted by molar-refractivity contribution is 6.01. The van der Waals surface area contributed by atoms with Crippen LogP contribution in [-0.2, 0) is 10.8 Å². The number of fused-ring (bicyclic) bond motifs is 8. The van der Waals surface area contributed by atoms with E-state index in [2.05, 4.69) is 254 Å². The van der Waals surface area contributed by atoms with E-state index < -0.39 is 10.8 Å². The summed E-state index contributed by atoms with van der Waals surface area (Å²) in [4.78, 5) is 4.90. The molecule has 0 bridgehead atoms. The number of nitrogens with zero attached hydrogens (tertiary/aromatic N) is 2. The van der Waals surface area contributed by atoms with Crippen LogP contribution in [0.15, 0.2) is 231 Å². The number of anilines is 6. The van der Waals surface area contributed by atoms with Gasteiger partial charge in [-0.1, -0.05) is 184 Å². The number of hydrogen-bond donors (Lipinski definition) is 0. The number of benzene rings is 10. The molecule has 2 atom stereocenters. The van der Waals surface area contributed by atoms with Crippen molar-refractivity contribution in [1.29, 1.82) is 0 Å². The molecule has 294 valence electrons. The van der Waals surface area contributed by atoms with Crippen molar-refractivity contribution >= 4 is 55.7 Å². The largest absolute Gasteiger partial charge is 0.310 e. The topological polar surface area (TPSA) is 6.48 Å². The van der Waals surface area contributed by atoms with Crippen LogP contribution in [0.2, 0.25) is 0 Å². The van der Waals surface area contributed by atoms with Gasteiger partial charge in [0, 0.05) is 44.4 Å². The average Bonchev–Trinajstić information content (AvgIpc) is 3.75. The number of rotatable bonds is 7. The van der Waals surface area contributed by atoms with Crippen molar-refractivity contribution in [3.8, 4) is 22.3 Å². The van der Waals surface area contributed by atoms with Gasteiger partial charge in [0.15, 0.2) is 0 Å². The van der Waals surface area contributed by atoms with Crippen LogP contribution in [0.1, 0.15) is 36.1 Å². The maximum atomic E-state index is 2.52. The molecule has 12 rings (SSSR count). The zero-order valence-corrected chi connectivity index (χ0v) is 34.8. The van der Waals surface area contributed by atoms with Gasteiger partial charge in [-0.3, -0.25) is 0 Å². The van der Waals surface area contributed by atoms with Crippen LogP contribution < -0.4 is 9.80 Å². The average molecular weight is 793 g/mol. The summed E-state index contributed by atoms with van der Waals surface area (Å²) in [7, 11) is 0. The van der Waals surface area contributed by atoms with Crippen LogP contribution in [-0.4, -0.2) is 0 Å². The number of hydrogen-bond acceptors (Lipinski definition) is 2. The molecule has 0 fully saturated rings. The highest BCUT2D eigenvalue weighted by atomic mass is 15.1. The minimum Gasteiger partial charge on any atom is -0.310 e. The first-order valence-electron chi connectivity index (χ1n) is 21.7. The van der Waals surface area contributed by atoms with Crippen LogP contribution in [0.3, 0.4) is 0 Å². The van der Waals surface area contributed by atoms with Gasteiger partial charge in [-0.05, 0) is 116 Å². The number of para-hydroxylation sites is 2. The zero-order chi connectivity index (χ0) is 41.4. The van der Waals surface area contributed by atoms with Gasteiger partial charge in [-0.15, -0.1) is 0 Å². The maximum Gasteiger partial charge on any atom is 0.0540 e. The summed E-state index contributed by atoms with van der Waals surface area (Å²) in [5.74, 6) is 0. The Hall–Kier alpha value is -7.68. The fourth-order valence-electron chi connectivity index (χ4n) is 11.1. The van der Waals surface area contributed by atoms with E-state index in [9.17, 15) is 0 Å². The van der Waals surface area contributed by atoms with Crippen LogP contribution in [0, 0.1) is 0 Å². The third-order valence-electron chi connectivity index (χ3n) is 14.2. The molecule has 0 amide bonds. The van der Waals surface area contributed by atoms with Crippen molar-refractivity contribution < 1.29 is 0 Å². The van der Waals surface area contributed by atoms with Crippen LogP contribution in [0.5, 0.6) is 0 Å². The molecule has 0 saturated carbocycles. The van der Waals surface area contributed by atoms with E-state index >= 15 is 0 Å². The second kappa shape index (κ2) is 13.9. The van der Waals surface area contributed by atoms with Crippen molar-refractivity contribution in [3.05, 3.63) is 253 Å². The summed E-state index contributed by atoms with van der Waals surface area (Å²) < 4.78 is 0. The molecular formula is C60H44N2. The van der Waals surface area contributed by atoms with E-state index in [1.54, 1.807) is 0 Å². The van der Waals surface area contributed by atoms with E-state index in [0.29, 0.717) is 0 Å². The Balaban J connectivity index is 1.11. The molecule has 10 aromatic carbocycles. The van der Waals surface area contributed by atoms with Gasteiger partial charge in [-0.2, -0.15) is 0 Å². The molecule has 0 aliphatic heterocycles. The molecule has 2 aliphatic rings. The zero-order valence-electron chi connectivity index (χ0n) is 34.8. The normalized spacial score (nSPS) is 17.0. The van der Waals surface area contributed by atoms with E-state index in [1.807, 2.05) is 0 Å². The summed E-state index contributed by atoms with van der Waals surface area (Å²) in [6, 6.07) is 85.2. The molecular weight excluding hydrogens is 749 g/mol. The van der Waals surface area contributed by atoms with Gasteiger partial charge < -0.3 is 9.80 Å². The van der Waals surface area contributed by atoms with Gasteiger partial charge in [0.1, 0.15) is 0 Å². The van der Waals surface area contributed by atoms with Crippen molar-refractivity contribution in [2.24, 2.45) is 0 Å². The maximum absolute atomic E-state index is 2.52. The molecule has 0 spiro atoms. The van der Waals surface area contributed by atoms with Crippen LogP contribution >= 0.6 is 0 Å². The Bertz CT molecular complexity index is 3120. The van der Waals surface area contributed by atoms with Crippen molar-refractivity contribution in [1.82, 2.24) is 0 Å². The molecule has 2 heteroatoms. The molecule has 2 aliphatic carbocycles. The summed E-state index contributed by atoms with van der Waals surface area (Å²) in [6.07, 6.45) is 0. The predicted octanol–water partition coefficient (Wildman–Crippen LogP) is 16.2. The lowest BCUT2D eigenvalue weighted by Crippen LogP contribution is -2.44. The minimum atomic E-state index is -0.465. The van der Waals surface area contributed by atoms with E-state index in [0.717, 1.165) is 34.1 Å². The van der Waals surface area contributed by atoms with E-state index in [4.69, 9.17) is 0 Å². The Morgan fingerprint density at radius 1 is 0.274 bits per heavy atom. The summed E-state index contributed by atoms with van der Waals surface area (Å²) in [5.41, 5.74) is 16.5. The Kier molecular flexibility index (Phi) is 8.14. The Morgan fingerprint density at radius 2 is 0.629 bits per heavy atom. The Morgan fingerprint density at radius 3 is 1.08 bits per heavy atom. The minimum absolute atomic E-state index is 0.465. The fourth-order valence-corrected chi connectivity index (χ4v) is 11.1. The highest BCUT2D eigenvalue weighted by Gasteiger charge is 2.57. The first-order chi connectivity index (χ1) is 30.5.